The summed E-state index contributed by atoms with van der Waals surface area (Å²) in [5.74, 6) is 1.59. The van der Waals surface area contributed by atoms with Crippen molar-refractivity contribution >= 4 is 33.3 Å². The molecule has 1 heterocycles. The summed E-state index contributed by atoms with van der Waals surface area (Å²) >= 11 is 1.32. The van der Waals surface area contributed by atoms with Crippen molar-refractivity contribution in [2.45, 2.75) is 25.0 Å². The Balaban J connectivity index is 1.74. The Kier molecular flexibility index (Phi) is 7.01. The first-order chi connectivity index (χ1) is 14.7. The standard InChI is InChI=1S/C21H24N4O4S2/c1-14(2)25-20(16-7-11-18(29-3)12-8-16)22-23-21(25)30-13-19(26)15-5-9-17(10-6-15)24-31(4,27)28/h5-12,14,24H,13H2,1-4H3. The van der Waals surface area contributed by atoms with E-state index < -0.39 is 10.0 Å². The van der Waals surface area contributed by atoms with Crippen LogP contribution in [0, 0.1) is 0 Å². The Bertz CT molecular complexity index is 1160. The molecule has 0 aliphatic carbocycles. The first-order valence-electron chi connectivity index (χ1n) is 9.51. The number of nitrogens with one attached hydrogen (secondary N) is 1. The summed E-state index contributed by atoms with van der Waals surface area (Å²) in [5.41, 5.74) is 1.82. The van der Waals surface area contributed by atoms with E-state index in [0.717, 1.165) is 23.4 Å². The lowest BCUT2D eigenvalue weighted by Gasteiger charge is -2.14. The van der Waals surface area contributed by atoms with Gasteiger partial charge in [0.05, 0.1) is 19.1 Å². The van der Waals surface area contributed by atoms with Crippen molar-refractivity contribution in [2.75, 3.05) is 23.8 Å². The lowest BCUT2D eigenvalue weighted by molar-refractivity contribution is 0.102. The Hall–Kier alpha value is -2.85. The number of ketones is 1. The number of Topliss-reactive ketones (excluding diaryl/α,β-unsaturated/α-hetero) is 1. The number of thioether (sulfide) groups is 1. The monoisotopic (exact) mass is 460 g/mol. The Morgan fingerprint density at radius 3 is 2.29 bits per heavy atom. The van der Waals surface area contributed by atoms with Crippen molar-refractivity contribution < 1.29 is 17.9 Å². The highest BCUT2D eigenvalue weighted by atomic mass is 32.2. The first kappa shape index (κ1) is 22.8. The molecular weight excluding hydrogens is 436 g/mol. The normalized spacial score (nSPS) is 11.5. The number of anilines is 1. The predicted octanol–water partition coefficient (Wildman–Crippen LogP) is 3.88. The maximum absolute atomic E-state index is 12.6. The molecule has 0 unspecified atom stereocenters. The van der Waals surface area contributed by atoms with Gasteiger partial charge in [-0.15, -0.1) is 10.2 Å². The molecule has 0 fully saturated rings. The van der Waals surface area contributed by atoms with E-state index in [1.54, 1.807) is 31.4 Å². The zero-order valence-electron chi connectivity index (χ0n) is 17.7. The second-order valence-corrected chi connectivity index (χ2v) is 9.85. The van der Waals surface area contributed by atoms with E-state index in [-0.39, 0.29) is 17.6 Å². The maximum Gasteiger partial charge on any atom is 0.229 e. The van der Waals surface area contributed by atoms with Crippen molar-refractivity contribution in [1.82, 2.24) is 14.8 Å². The molecule has 0 spiro atoms. The van der Waals surface area contributed by atoms with Crippen LogP contribution in [0.4, 0.5) is 5.69 Å². The molecule has 0 aliphatic heterocycles. The summed E-state index contributed by atoms with van der Waals surface area (Å²) in [6, 6.07) is 14.0. The molecule has 2 aromatic carbocycles. The number of hydrogen-bond donors (Lipinski definition) is 1. The maximum atomic E-state index is 12.6. The van der Waals surface area contributed by atoms with E-state index in [9.17, 15) is 13.2 Å². The number of nitrogens with zero attached hydrogens (tertiary/aromatic N) is 3. The second-order valence-electron chi connectivity index (χ2n) is 7.16. The number of carbonyl (C=O) groups excluding carboxylic acids is 1. The fraction of sp³-hybridized carbons (Fsp3) is 0.286. The summed E-state index contributed by atoms with van der Waals surface area (Å²) < 4.78 is 32.2. The molecule has 10 heteroatoms. The van der Waals surface area contributed by atoms with E-state index in [4.69, 9.17) is 4.74 Å². The van der Waals surface area contributed by atoms with Gasteiger partial charge in [0.25, 0.3) is 0 Å². The van der Waals surface area contributed by atoms with Crippen LogP contribution in [0.1, 0.15) is 30.2 Å². The first-order valence-corrected chi connectivity index (χ1v) is 12.4. The van der Waals surface area contributed by atoms with Crippen LogP contribution < -0.4 is 9.46 Å². The Morgan fingerprint density at radius 1 is 1.10 bits per heavy atom. The molecule has 8 nitrogen and oxygen atoms in total. The number of rotatable bonds is 9. The number of sulfonamides is 1. The van der Waals surface area contributed by atoms with Crippen molar-refractivity contribution in [3.63, 3.8) is 0 Å². The minimum atomic E-state index is -3.36. The third kappa shape index (κ3) is 5.86. The van der Waals surface area contributed by atoms with Gasteiger partial charge in [-0.25, -0.2) is 8.42 Å². The topological polar surface area (TPSA) is 103 Å². The second kappa shape index (κ2) is 9.52. The van der Waals surface area contributed by atoms with Crippen LogP contribution in [-0.4, -0.2) is 48.1 Å². The fourth-order valence-electron chi connectivity index (χ4n) is 2.93. The van der Waals surface area contributed by atoms with Crippen molar-refractivity contribution in [1.29, 1.82) is 0 Å². The van der Waals surface area contributed by atoms with Crippen LogP contribution in [-0.2, 0) is 10.0 Å². The largest absolute Gasteiger partial charge is 0.497 e. The van der Waals surface area contributed by atoms with E-state index >= 15 is 0 Å². The molecule has 0 amide bonds. The third-order valence-electron chi connectivity index (χ3n) is 4.37. The van der Waals surface area contributed by atoms with E-state index in [0.29, 0.717) is 16.4 Å². The van der Waals surface area contributed by atoms with Crippen molar-refractivity contribution in [3.05, 3.63) is 54.1 Å². The molecule has 164 valence electrons. The van der Waals surface area contributed by atoms with E-state index in [1.807, 2.05) is 42.7 Å². The lowest BCUT2D eigenvalue weighted by Crippen LogP contribution is -2.10. The molecular formula is C21H24N4O4S2. The molecule has 31 heavy (non-hydrogen) atoms. The number of aromatic nitrogens is 3. The fourth-order valence-corrected chi connectivity index (χ4v) is 4.46. The van der Waals surface area contributed by atoms with Gasteiger partial charge in [-0.3, -0.25) is 14.1 Å². The lowest BCUT2D eigenvalue weighted by atomic mass is 10.1. The van der Waals surface area contributed by atoms with Gasteiger partial charge in [0.15, 0.2) is 16.8 Å². The van der Waals surface area contributed by atoms with Crippen LogP contribution >= 0.6 is 11.8 Å². The molecule has 0 saturated heterocycles. The van der Waals surface area contributed by atoms with Crippen LogP contribution in [0.25, 0.3) is 11.4 Å². The molecule has 0 aliphatic rings. The molecule has 0 saturated carbocycles. The minimum absolute atomic E-state index is 0.0831. The quantitative estimate of drug-likeness (QED) is 0.382. The summed E-state index contributed by atoms with van der Waals surface area (Å²) in [4.78, 5) is 12.6. The number of benzene rings is 2. The van der Waals surface area contributed by atoms with Crippen LogP contribution in [0.2, 0.25) is 0 Å². The van der Waals surface area contributed by atoms with Gasteiger partial charge >= 0.3 is 0 Å². The van der Waals surface area contributed by atoms with Crippen LogP contribution in [0.3, 0.4) is 0 Å². The Labute approximate surface area is 186 Å². The van der Waals surface area contributed by atoms with Gasteiger partial charge in [0.2, 0.25) is 10.0 Å². The molecule has 0 bridgehead atoms. The number of ether oxygens (including phenoxy) is 1. The van der Waals surface area contributed by atoms with Gasteiger partial charge in [0, 0.05) is 22.9 Å². The summed E-state index contributed by atoms with van der Waals surface area (Å²) in [6.45, 7) is 4.07. The summed E-state index contributed by atoms with van der Waals surface area (Å²) in [6.07, 6.45) is 1.08. The molecule has 3 aromatic rings. The molecule has 0 radical (unpaired) electrons. The van der Waals surface area contributed by atoms with Crippen LogP contribution in [0.15, 0.2) is 53.7 Å². The minimum Gasteiger partial charge on any atom is -0.497 e. The van der Waals surface area contributed by atoms with Gasteiger partial charge in [-0.2, -0.15) is 0 Å². The number of methoxy groups -OCH3 is 1. The zero-order chi connectivity index (χ0) is 22.6. The molecule has 1 aromatic heterocycles. The van der Waals surface area contributed by atoms with Gasteiger partial charge in [-0.1, -0.05) is 11.8 Å². The van der Waals surface area contributed by atoms with E-state index in [1.165, 1.54) is 11.8 Å². The number of hydrogen-bond acceptors (Lipinski definition) is 7. The molecule has 3 rings (SSSR count). The van der Waals surface area contributed by atoms with Crippen LogP contribution in [0.5, 0.6) is 5.75 Å². The Morgan fingerprint density at radius 2 is 1.74 bits per heavy atom. The van der Waals surface area contributed by atoms with Crippen molar-refractivity contribution in [2.24, 2.45) is 0 Å². The highest BCUT2D eigenvalue weighted by Crippen LogP contribution is 2.29. The predicted molar refractivity (Wildman–Crippen MR) is 122 cm³/mol. The average molecular weight is 461 g/mol. The van der Waals surface area contributed by atoms with Gasteiger partial charge in [-0.05, 0) is 62.4 Å². The SMILES string of the molecule is COc1ccc(-c2nnc(SCC(=O)c3ccc(NS(C)(=O)=O)cc3)n2C(C)C)cc1. The average Bonchev–Trinajstić information content (AvgIpc) is 3.16. The molecule has 1 N–H and O–H groups in total. The van der Waals surface area contributed by atoms with Gasteiger partial charge < -0.3 is 4.74 Å². The van der Waals surface area contributed by atoms with Gasteiger partial charge in [0.1, 0.15) is 5.75 Å². The highest BCUT2D eigenvalue weighted by Gasteiger charge is 2.18. The summed E-state index contributed by atoms with van der Waals surface area (Å²) in [5, 5.41) is 9.28. The van der Waals surface area contributed by atoms with Crippen molar-refractivity contribution in [3.8, 4) is 17.1 Å². The number of carbonyl (C=O) groups is 1. The smallest absolute Gasteiger partial charge is 0.229 e. The summed E-state index contributed by atoms with van der Waals surface area (Å²) in [7, 11) is -1.74. The zero-order valence-corrected chi connectivity index (χ0v) is 19.3. The van der Waals surface area contributed by atoms with E-state index in [2.05, 4.69) is 14.9 Å². The molecule has 0 atom stereocenters. The third-order valence-corrected chi connectivity index (χ3v) is 5.92. The highest BCUT2D eigenvalue weighted by molar-refractivity contribution is 7.99.